The van der Waals surface area contributed by atoms with Crippen molar-refractivity contribution in [2.75, 3.05) is 18.4 Å². The van der Waals surface area contributed by atoms with Gasteiger partial charge in [0.1, 0.15) is 5.69 Å². The lowest BCUT2D eigenvalue weighted by molar-refractivity contribution is -0.384. The topological polar surface area (TPSA) is 58.4 Å². The summed E-state index contributed by atoms with van der Waals surface area (Å²) in [5.41, 5.74) is 0.427. The van der Waals surface area contributed by atoms with Gasteiger partial charge in [-0.2, -0.15) is 0 Å². The molecule has 1 saturated carbocycles. The van der Waals surface area contributed by atoms with Crippen LogP contribution in [0.25, 0.3) is 0 Å². The van der Waals surface area contributed by atoms with E-state index in [2.05, 4.69) is 10.2 Å². The first-order chi connectivity index (χ1) is 9.54. The van der Waals surface area contributed by atoms with Gasteiger partial charge in [0.25, 0.3) is 5.69 Å². The molecule has 0 spiro atoms. The van der Waals surface area contributed by atoms with Gasteiger partial charge in [0, 0.05) is 31.2 Å². The van der Waals surface area contributed by atoms with Crippen LogP contribution in [0, 0.1) is 10.1 Å². The molecule has 1 aromatic rings. The van der Waals surface area contributed by atoms with E-state index in [1.54, 1.807) is 6.07 Å². The monoisotopic (exact) mass is 315 g/mol. The van der Waals surface area contributed by atoms with Crippen LogP contribution in [0.1, 0.15) is 19.3 Å². The molecule has 0 amide bonds. The minimum absolute atomic E-state index is 0.0238. The fourth-order valence-electron chi connectivity index (χ4n) is 2.70. The Morgan fingerprint density at radius 2 is 1.95 bits per heavy atom. The van der Waals surface area contributed by atoms with Crippen LogP contribution in [0.2, 0.25) is 10.0 Å². The Hall–Kier alpha value is -1.04. The zero-order valence-electron chi connectivity index (χ0n) is 10.8. The van der Waals surface area contributed by atoms with Crippen molar-refractivity contribution in [2.24, 2.45) is 0 Å². The zero-order chi connectivity index (χ0) is 14.3. The Labute approximate surface area is 127 Å². The van der Waals surface area contributed by atoms with E-state index in [-0.39, 0.29) is 16.8 Å². The highest BCUT2D eigenvalue weighted by molar-refractivity contribution is 6.42. The zero-order valence-corrected chi connectivity index (χ0v) is 12.3. The van der Waals surface area contributed by atoms with Gasteiger partial charge >= 0.3 is 0 Å². The van der Waals surface area contributed by atoms with Crippen molar-refractivity contribution >= 4 is 34.6 Å². The summed E-state index contributed by atoms with van der Waals surface area (Å²) in [5, 5.41) is 14.9. The Morgan fingerprint density at radius 3 is 2.60 bits per heavy atom. The van der Waals surface area contributed by atoms with Crippen LogP contribution in [-0.2, 0) is 0 Å². The fourth-order valence-corrected chi connectivity index (χ4v) is 3.02. The van der Waals surface area contributed by atoms with Crippen LogP contribution in [0.5, 0.6) is 0 Å². The molecule has 3 rings (SSSR count). The van der Waals surface area contributed by atoms with Crippen molar-refractivity contribution in [3.63, 3.8) is 0 Å². The first-order valence-corrected chi connectivity index (χ1v) is 7.44. The van der Waals surface area contributed by atoms with Gasteiger partial charge in [-0.15, -0.1) is 0 Å². The number of nitro groups is 1. The number of likely N-dealkylation sites (tertiary alicyclic amines) is 1. The van der Waals surface area contributed by atoms with Gasteiger partial charge in [0.15, 0.2) is 0 Å². The number of hydrogen-bond donors (Lipinski definition) is 1. The second-order valence-corrected chi connectivity index (χ2v) is 6.21. The lowest BCUT2D eigenvalue weighted by Gasteiger charge is -2.17. The van der Waals surface area contributed by atoms with Gasteiger partial charge in [-0.1, -0.05) is 23.2 Å². The van der Waals surface area contributed by atoms with Gasteiger partial charge in [0.2, 0.25) is 0 Å². The molecule has 2 aliphatic rings. The van der Waals surface area contributed by atoms with E-state index in [9.17, 15) is 10.1 Å². The number of halogens is 2. The van der Waals surface area contributed by atoms with E-state index in [0.29, 0.717) is 10.7 Å². The highest BCUT2D eigenvalue weighted by Gasteiger charge is 2.34. The molecule has 1 N–H and O–H groups in total. The molecule has 1 aliphatic heterocycles. The second kappa shape index (κ2) is 5.39. The normalized spacial score (nSPS) is 23.0. The maximum Gasteiger partial charge on any atom is 0.293 e. The van der Waals surface area contributed by atoms with Gasteiger partial charge in [-0.25, -0.2) is 0 Å². The smallest absolute Gasteiger partial charge is 0.293 e. The summed E-state index contributed by atoms with van der Waals surface area (Å²) in [5.74, 6) is 0. The van der Waals surface area contributed by atoms with Crippen molar-refractivity contribution in [1.29, 1.82) is 0 Å². The number of nitro benzene ring substituents is 1. The average molecular weight is 316 g/mol. The van der Waals surface area contributed by atoms with Crippen LogP contribution >= 0.6 is 23.2 Å². The molecule has 7 heteroatoms. The van der Waals surface area contributed by atoms with E-state index < -0.39 is 4.92 Å². The van der Waals surface area contributed by atoms with Crippen molar-refractivity contribution in [1.82, 2.24) is 4.90 Å². The minimum atomic E-state index is -0.432. The number of benzene rings is 1. The summed E-state index contributed by atoms with van der Waals surface area (Å²) in [4.78, 5) is 13.1. The Kier molecular flexibility index (Phi) is 3.75. The van der Waals surface area contributed by atoms with Crippen LogP contribution in [0.4, 0.5) is 11.4 Å². The van der Waals surface area contributed by atoms with E-state index in [1.807, 2.05) is 0 Å². The SMILES string of the molecule is O=[N+]([O-])c1cc(Cl)c(Cl)cc1NC1CCN(C2CC2)C1. The first kappa shape index (κ1) is 13.9. The minimum Gasteiger partial charge on any atom is -0.375 e. The van der Waals surface area contributed by atoms with Crippen molar-refractivity contribution in [3.05, 3.63) is 32.3 Å². The van der Waals surface area contributed by atoms with Crippen molar-refractivity contribution in [2.45, 2.75) is 31.3 Å². The first-order valence-electron chi connectivity index (χ1n) is 6.68. The van der Waals surface area contributed by atoms with E-state index in [1.165, 1.54) is 18.9 Å². The van der Waals surface area contributed by atoms with E-state index >= 15 is 0 Å². The van der Waals surface area contributed by atoms with Gasteiger partial charge in [-0.3, -0.25) is 15.0 Å². The third-order valence-corrected chi connectivity index (χ3v) is 4.60. The predicted molar refractivity (Wildman–Crippen MR) is 79.7 cm³/mol. The fraction of sp³-hybridized carbons (Fsp3) is 0.538. The Bertz CT molecular complexity index is 549. The molecule has 1 atom stereocenters. The van der Waals surface area contributed by atoms with E-state index in [0.717, 1.165) is 25.6 Å². The molecule has 0 aromatic heterocycles. The predicted octanol–water partition coefficient (Wildman–Crippen LogP) is 3.55. The number of hydrogen-bond acceptors (Lipinski definition) is 4. The Morgan fingerprint density at radius 1 is 1.25 bits per heavy atom. The van der Waals surface area contributed by atoms with Gasteiger partial charge in [0.05, 0.1) is 15.0 Å². The number of nitrogens with one attached hydrogen (secondary N) is 1. The number of anilines is 1. The molecule has 1 unspecified atom stereocenters. The third kappa shape index (κ3) is 2.85. The largest absolute Gasteiger partial charge is 0.375 e. The van der Waals surface area contributed by atoms with Gasteiger partial charge < -0.3 is 5.32 Å². The molecular weight excluding hydrogens is 301 g/mol. The van der Waals surface area contributed by atoms with Crippen LogP contribution in [-0.4, -0.2) is 35.0 Å². The molecule has 1 aliphatic carbocycles. The molecule has 1 aromatic carbocycles. The maximum absolute atomic E-state index is 11.1. The van der Waals surface area contributed by atoms with Crippen LogP contribution in [0.15, 0.2) is 12.1 Å². The van der Waals surface area contributed by atoms with Crippen molar-refractivity contribution < 1.29 is 4.92 Å². The van der Waals surface area contributed by atoms with Gasteiger partial charge in [-0.05, 0) is 25.3 Å². The highest BCUT2D eigenvalue weighted by Crippen LogP contribution is 2.36. The molecule has 1 saturated heterocycles. The summed E-state index contributed by atoms with van der Waals surface area (Å²) in [6, 6.07) is 3.80. The molecule has 1 heterocycles. The standard InChI is InChI=1S/C13H15Cl2N3O2/c14-10-5-12(13(18(19)20)6-11(10)15)16-8-3-4-17(7-8)9-1-2-9/h5-6,8-9,16H,1-4,7H2. The maximum atomic E-state index is 11.1. The van der Waals surface area contributed by atoms with Crippen LogP contribution < -0.4 is 5.32 Å². The molecule has 0 bridgehead atoms. The Balaban J connectivity index is 1.76. The summed E-state index contributed by atoms with van der Waals surface area (Å²) in [6.45, 7) is 1.99. The third-order valence-electron chi connectivity index (χ3n) is 3.88. The number of nitrogens with zero attached hydrogens (tertiary/aromatic N) is 2. The van der Waals surface area contributed by atoms with E-state index in [4.69, 9.17) is 23.2 Å². The molecule has 0 radical (unpaired) electrons. The molecule has 2 fully saturated rings. The molecule has 20 heavy (non-hydrogen) atoms. The second-order valence-electron chi connectivity index (χ2n) is 5.40. The highest BCUT2D eigenvalue weighted by atomic mass is 35.5. The van der Waals surface area contributed by atoms with Crippen LogP contribution in [0.3, 0.4) is 0 Å². The lowest BCUT2D eigenvalue weighted by atomic mass is 10.2. The summed E-state index contributed by atoms with van der Waals surface area (Å²) >= 11 is 11.8. The summed E-state index contributed by atoms with van der Waals surface area (Å²) in [6.07, 6.45) is 3.55. The summed E-state index contributed by atoms with van der Waals surface area (Å²) < 4.78 is 0. The molecule has 108 valence electrons. The van der Waals surface area contributed by atoms with Crippen molar-refractivity contribution in [3.8, 4) is 0 Å². The average Bonchev–Trinajstić information content (AvgIpc) is 3.14. The molecular formula is C13H15Cl2N3O2. The number of rotatable bonds is 4. The lowest BCUT2D eigenvalue weighted by Crippen LogP contribution is -2.27. The molecule has 5 nitrogen and oxygen atoms in total. The quantitative estimate of drug-likeness (QED) is 0.682. The summed E-state index contributed by atoms with van der Waals surface area (Å²) in [7, 11) is 0.